The van der Waals surface area contributed by atoms with Crippen LogP contribution in [-0.2, 0) is 5.60 Å². The number of rotatable bonds is 6. The Hall–Kier alpha value is -2.58. The van der Waals surface area contributed by atoms with Gasteiger partial charge in [0.15, 0.2) is 11.5 Å². The molecule has 25 heavy (non-hydrogen) atoms. The molecule has 1 N–H and O–H groups in total. The third kappa shape index (κ3) is 3.59. The fraction of sp³-hybridized carbons (Fsp3) is 0.400. The van der Waals surface area contributed by atoms with Crippen molar-refractivity contribution in [3.05, 3.63) is 53.9 Å². The first-order chi connectivity index (χ1) is 12.2. The van der Waals surface area contributed by atoms with Gasteiger partial charge in [-0.3, -0.25) is 4.98 Å². The van der Waals surface area contributed by atoms with Crippen molar-refractivity contribution in [3.8, 4) is 17.6 Å². The zero-order valence-corrected chi connectivity index (χ0v) is 14.3. The fourth-order valence-corrected chi connectivity index (χ4v) is 3.30. The molecule has 0 radical (unpaired) electrons. The SMILES string of the molecule is COc1ccc(C(O)(CC#N)c2cccnc2)cc1OC1CCCC1. The second-order valence-corrected chi connectivity index (χ2v) is 6.33. The van der Waals surface area contributed by atoms with E-state index in [1.54, 1.807) is 49.8 Å². The van der Waals surface area contributed by atoms with E-state index in [0.717, 1.165) is 12.8 Å². The standard InChI is InChI=1S/C20H22N2O3/c1-24-18-9-8-15(13-19(18)25-17-6-2-3-7-17)20(23,10-11-21)16-5-4-12-22-14-16/h4-5,8-9,12-14,17,23H,2-3,6-7,10H2,1H3. The van der Waals surface area contributed by atoms with E-state index in [4.69, 9.17) is 9.47 Å². The number of methoxy groups -OCH3 is 1. The van der Waals surface area contributed by atoms with E-state index in [2.05, 4.69) is 11.1 Å². The van der Waals surface area contributed by atoms with Crippen LogP contribution in [0.2, 0.25) is 0 Å². The van der Waals surface area contributed by atoms with Gasteiger partial charge in [0.05, 0.1) is 25.7 Å². The summed E-state index contributed by atoms with van der Waals surface area (Å²) in [5.74, 6) is 1.23. The highest BCUT2D eigenvalue weighted by Crippen LogP contribution is 2.39. The van der Waals surface area contributed by atoms with Crippen LogP contribution in [0.25, 0.3) is 0 Å². The summed E-state index contributed by atoms with van der Waals surface area (Å²) >= 11 is 0. The number of aliphatic hydroxyl groups is 1. The van der Waals surface area contributed by atoms with Crippen LogP contribution in [0.15, 0.2) is 42.7 Å². The number of hydrogen-bond acceptors (Lipinski definition) is 5. The van der Waals surface area contributed by atoms with Crippen molar-refractivity contribution in [3.63, 3.8) is 0 Å². The molecule has 1 aliphatic carbocycles. The van der Waals surface area contributed by atoms with Crippen LogP contribution in [0, 0.1) is 11.3 Å². The maximum Gasteiger partial charge on any atom is 0.161 e. The van der Waals surface area contributed by atoms with Gasteiger partial charge in [-0.2, -0.15) is 5.26 Å². The van der Waals surface area contributed by atoms with E-state index in [-0.39, 0.29) is 12.5 Å². The molecule has 1 fully saturated rings. The van der Waals surface area contributed by atoms with E-state index in [1.165, 1.54) is 12.8 Å². The lowest BCUT2D eigenvalue weighted by Gasteiger charge is -2.27. The number of benzene rings is 1. The molecular weight excluding hydrogens is 316 g/mol. The van der Waals surface area contributed by atoms with E-state index >= 15 is 0 Å². The lowest BCUT2D eigenvalue weighted by Crippen LogP contribution is -2.27. The van der Waals surface area contributed by atoms with Crippen LogP contribution in [0.4, 0.5) is 0 Å². The Bertz CT molecular complexity index is 751. The van der Waals surface area contributed by atoms with Gasteiger partial charge in [0, 0.05) is 18.0 Å². The molecule has 2 aromatic rings. The Labute approximate surface area is 147 Å². The molecule has 5 heteroatoms. The van der Waals surface area contributed by atoms with Crippen LogP contribution in [0.5, 0.6) is 11.5 Å². The summed E-state index contributed by atoms with van der Waals surface area (Å²) in [6.45, 7) is 0. The van der Waals surface area contributed by atoms with Crippen LogP contribution < -0.4 is 9.47 Å². The second-order valence-electron chi connectivity index (χ2n) is 6.33. The van der Waals surface area contributed by atoms with Crippen molar-refractivity contribution in [2.45, 2.75) is 43.8 Å². The molecule has 1 saturated carbocycles. The molecule has 0 amide bonds. The number of nitriles is 1. The van der Waals surface area contributed by atoms with Crippen LogP contribution in [0.3, 0.4) is 0 Å². The van der Waals surface area contributed by atoms with Gasteiger partial charge in [-0.15, -0.1) is 0 Å². The number of pyridine rings is 1. The summed E-state index contributed by atoms with van der Waals surface area (Å²) in [5, 5.41) is 20.5. The van der Waals surface area contributed by atoms with Gasteiger partial charge in [-0.05, 0) is 49.4 Å². The molecule has 1 unspecified atom stereocenters. The molecule has 0 saturated heterocycles. The van der Waals surface area contributed by atoms with E-state index < -0.39 is 5.60 Å². The molecule has 1 aromatic carbocycles. The lowest BCUT2D eigenvalue weighted by atomic mass is 9.84. The molecule has 1 aliphatic rings. The summed E-state index contributed by atoms with van der Waals surface area (Å²) in [6.07, 6.45) is 7.70. The van der Waals surface area contributed by atoms with Crippen molar-refractivity contribution in [1.29, 1.82) is 5.26 Å². The normalized spacial score (nSPS) is 16.8. The molecular formula is C20H22N2O3. The first-order valence-corrected chi connectivity index (χ1v) is 8.52. The van der Waals surface area contributed by atoms with Crippen molar-refractivity contribution in [1.82, 2.24) is 4.98 Å². The van der Waals surface area contributed by atoms with Crippen molar-refractivity contribution < 1.29 is 14.6 Å². The summed E-state index contributed by atoms with van der Waals surface area (Å²) in [7, 11) is 1.60. The predicted octanol–water partition coefficient (Wildman–Crippen LogP) is 3.56. The van der Waals surface area contributed by atoms with Crippen molar-refractivity contribution in [2.75, 3.05) is 7.11 Å². The second kappa shape index (κ2) is 7.54. The Kier molecular flexibility index (Phi) is 5.20. The first kappa shape index (κ1) is 17.2. The maximum absolute atomic E-state index is 11.2. The van der Waals surface area contributed by atoms with Gasteiger partial charge in [0.2, 0.25) is 0 Å². The molecule has 1 aromatic heterocycles. The quantitative estimate of drug-likeness (QED) is 0.871. The highest BCUT2D eigenvalue weighted by molar-refractivity contribution is 5.47. The minimum absolute atomic E-state index is 0.0755. The zero-order chi connectivity index (χ0) is 17.7. The van der Waals surface area contributed by atoms with Crippen molar-refractivity contribution in [2.24, 2.45) is 0 Å². The minimum atomic E-state index is -1.44. The Morgan fingerprint density at radius 2 is 2.04 bits per heavy atom. The topological polar surface area (TPSA) is 75.4 Å². The molecule has 0 spiro atoms. The van der Waals surface area contributed by atoms with Crippen LogP contribution in [-0.4, -0.2) is 23.3 Å². The first-order valence-electron chi connectivity index (χ1n) is 8.52. The summed E-state index contributed by atoms with van der Waals surface area (Å²) < 4.78 is 11.5. The predicted molar refractivity (Wildman–Crippen MR) is 93.3 cm³/mol. The molecule has 1 heterocycles. The third-order valence-electron chi connectivity index (χ3n) is 4.71. The molecule has 3 rings (SSSR count). The van der Waals surface area contributed by atoms with Crippen molar-refractivity contribution >= 4 is 0 Å². The maximum atomic E-state index is 11.2. The number of aromatic nitrogens is 1. The Morgan fingerprint density at radius 3 is 2.68 bits per heavy atom. The molecule has 1 atom stereocenters. The largest absolute Gasteiger partial charge is 0.493 e. The highest BCUT2D eigenvalue weighted by Gasteiger charge is 2.33. The van der Waals surface area contributed by atoms with Gasteiger partial charge in [-0.1, -0.05) is 12.1 Å². The molecule has 5 nitrogen and oxygen atoms in total. The average molecular weight is 338 g/mol. The summed E-state index contributed by atoms with van der Waals surface area (Å²) in [6, 6.07) is 10.9. The monoisotopic (exact) mass is 338 g/mol. The molecule has 0 aliphatic heterocycles. The van der Waals surface area contributed by atoms with E-state index in [0.29, 0.717) is 22.6 Å². The average Bonchev–Trinajstić information content (AvgIpc) is 3.15. The highest BCUT2D eigenvalue weighted by atomic mass is 16.5. The Morgan fingerprint density at radius 1 is 1.24 bits per heavy atom. The summed E-state index contributed by atoms with van der Waals surface area (Å²) in [5.41, 5.74) is -0.271. The minimum Gasteiger partial charge on any atom is -0.493 e. The number of hydrogen-bond donors (Lipinski definition) is 1. The fourth-order valence-electron chi connectivity index (χ4n) is 3.30. The number of nitrogens with zero attached hydrogens (tertiary/aromatic N) is 2. The van der Waals surface area contributed by atoms with E-state index in [9.17, 15) is 10.4 Å². The van der Waals surface area contributed by atoms with Gasteiger partial charge in [0.1, 0.15) is 5.60 Å². The van der Waals surface area contributed by atoms with Gasteiger partial charge < -0.3 is 14.6 Å². The molecule has 130 valence electrons. The summed E-state index contributed by atoms with van der Waals surface area (Å²) in [4.78, 5) is 4.07. The van der Waals surface area contributed by atoms with E-state index in [1.807, 2.05) is 0 Å². The van der Waals surface area contributed by atoms with Crippen LogP contribution >= 0.6 is 0 Å². The molecule has 0 bridgehead atoms. The van der Waals surface area contributed by atoms with Gasteiger partial charge in [-0.25, -0.2) is 0 Å². The Balaban J connectivity index is 2.00. The van der Waals surface area contributed by atoms with Crippen LogP contribution in [0.1, 0.15) is 43.2 Å². The van der Waals surface area contributed by atoms with Gasteiger partial charge >= 0.3 is 0 Å². The van der Waals surface area contributed by atoms with Gasteiger partial charge in [0.25, 0.3) is 0 Å². The lowest BCUT2D eigenvalue weighted by molar-refractivity contribution is 0.0848. The number of ether oxygens (including phenoxy) is 2. The zero-order valence-electron chi connectivity index (χ0n) is 14.3. The smallest absolute Gasteiger partial charge is 0.161 e. The third-order valence-corrected chi connectivity index (χ3v) is 4.71.